The number of piperidine rings is 2. The van der Waals surface area contributed by atoms with Crippen LogP contribution in [0.2, 0.25) is 0 Å². The van der Waals surface area contributed by atoms with Gasteiger partial charge in [0.15, 0.2) is 0 Å². The fraction of sp³-hybridized carbons (Fsp3) is 0.632. The Kier molecular flexibility index (Phi) is 5.74. The molecular weight excluding hydrogens is 304 g/mol. The molecule has 1 aromatic rings. The molecule has 1 amide bonds. The van der Waals surface area contributed by atoms with E-state index in [2.05, 4.69) is 36.1 Å². The maximum absolute atomic E-state index is 12.2. The number of rotatable bonds is 5. The molecule has 2 heterocycles. The fourth-order valence-electron chi connectivity index (χ4n) is 3.83. The highest BCUT2D eigenvalue weighted by Crippen LogP contribution is 2.30. The molecule has 2 fully saturated rings. The Morgan fingerprint density at radius 1 is 1.17 bits per heavy atom. The Labute approximate surface area is 144 Å². The van der Waals surface area contributed by atoms with Crippen LogP contribution in [0.4, 0.5) is 4.79 Å². The number of carbonyl (C=O) groups is 1. The second kappa shape index (κ2) is 7.99. The van der Waals surface area contributed by atoms with Crippen LogP contribution in [0.3, 0.4) is 0 Å². The van der Waals surface area contributed by atoms with Crippen LogP contribution in [-0.4, -0.2) is 59.9 Å². The van der Waals surface area contributed by atoms with E-state index in [1.165, 1.54) is 5.56 Å². The van der Waals surface area contributed by atoms with Crippen LogP contribution in [0.1, 0.15) is 25.3 Å². The maximum Gasteiger partial charge on any atom is 0.409 e. The number of benzene rings is 1. The first-order valence-electron chi connectivity index (χ1n) is 9.03. The van der Waals surface area contributed by atoms with Crippen LogP contribution < -0.4 is 0 Å². The number of hydrogen-bond donors (Lipinski definition) is 1. The molecule has 1 N–H and O–H groups in total. The average molecular weight is 332 g/mol. The van der Waals surface area contributed by atoms with Crippen LogP contribution in [-0.2, 0) is 11.3 Å². The van der Waals surface area contributed by atoms with Crippen LogP contribution in [0.5, 0.6) is 0 Å². The molecule has 24 heavy (non-hydrogen) atoms. The van der Waals surface area contributed by atoms with Crippen molar-refractivity contribution in [3.63, 3.8) is 0 Å². The molecule has 3 rings (SSSR count). The first-order chi connectivity index (χ1) is 11.7. The van der Waals surface area contributed by atoms with Gasteiger partial charge in [-0.1, -0.05) is 43.7 Å². The third kappa shape index (κ3) is 4.08. The molecule has 2 atom stereocenters. The predicted octanol–water partition coefficient (Wildman–Crippen LogP) is 2.35. The predicted molar refractivity (Wildman–Crippen MR) is 92.5 cm³/mol. The number of unbranched alkanes of at least 4 members (excludes halogenated alkanes) is 1. The van der Waals surface area contributed by atoms with Crippen molar-refractivity contribution in [1.29, 1.82) is 0 Å². The van der Waals surface area contributed by atoms with Crippen molar-refractivity contribution >= 4 is 6.09 Å². The highest BCUT2D eigenvalue weighted by Gasteiger charge is 2.42. The second-order valence-electron chi connectivity index (χ2n) is 7.06. The minimum absolute atomic E-state index is 0.111. The quantitative estimate of drug-likeness (QED) is 0.841. The Bertz CT molecular complexity index is 521. The van der Waals surface area contributed by atoms with Crippen molar-refractivity contribution in [1.82, 2.24) is 9.80 Å². The molecular formula is C19H28N2O3. The van der Waals surface area contributed by atoms with Gasteiger partial charge in [0.05, 0.1) is 12.7 Å². The summed E-state index contributed by atoms with van der Waals surface area (Å²) in [6.45, 7) is 6.31. The number of ether oxygens (including phenoxy) is 1. The summed E-state index contributed by atoms with van der Waals surface area (Å²) in [5.74, 6) is 0.222. The lowest BCUT2D eigenvalue weighted by atomic mass is 9.81. The van der Waals surface area contributed by atoms with Crippen molar-refractivity contribution in [2.75, 3.05) is 32.8 Å². The second-order valence-corrected chi connectivity index (χ2v) is 7.06. The molecule has 2 aliphatic heterocycles. The number of amides is 1. The van der Waals surface area contributed by atoms with Crippen molar-refractivity contribution in [2.45, 2.75) is 32.4 Å². The fourth-order valence-corrected chi connectivity index (χ4v) is 3.83. The summed E-state index contributed by atoms with van der Waals surface area (Å²) in [5.41, 5.74) is 1.29. The summed E-state index contributed by atoms with van der Waals surface area (Å²) < 4.78 is 5.34. The highest BCUT2D eigenvalue weighted by atomic mass is 16.6. The third-order valence-corrected chi connectivity index (χ3v) is 5.09. The monoisotopic (exact) mass is 332 g/mol. The molecule has 132 valence electrons. The SMILES string of the molecule is CCCCOC(=O)N1CC2CN(Cc3ccccc3)CC(C1)C2O. The minimum Gasteiger partial charge on any atom is -0.449 e. The van der Waals surface area contributed by atoms with Gasteiger partial charge in [-0.05, 0) is 12.0 Å². The van der Waals surface area contributed by atoms with E-state index in [0.717, 1.165) is 32.5 Å². The van der Waals surface area contributed by atoms with E-state index in [-0.39, 0.29) is 24.0 Å². The zero-order valence-electron chi connectivity index (χ0n) is 14.4. The van der Waals surface area contributed by atoms with Gasteiger partial charge >= 0.3 is 6.09 Å². The summed E-state index contributed by atoms with van der Waals surface area (Å²) in [7, 11) is 0. The molecule has 5 heteroatoms. The topological polar surface area (TPSA) is 53.0 Å². The Balaban J connectivity index is 1.56. The maximum atomic E-state index is 12.2. The molecule has 2 unspecified atom stereocenters. The van der Waals surface area contributed by atoms with Gasteiger partial charge in [-0.25, -0.2) is 4.79 Å². The van der Waals surface area contributed by atoms with E-state index in [1.807, 2.05) is 6.07 Å². The smallest absolute Gasteiger partial charge is 0.409 e. The number of nitrogens with zero attached hydrogens (tertiary/aromatic N) is 2. The normalized spacial score (nSPS) is 27.1. The van der Waals surface area contributed by atoms with Crippen molar-refractivity contribution in [3.05, 3.63) is 35.9 Å². The van der Waals surface area contributed by atoms with Gasteiger partial charge in [-0.15, -0.1) is 0 Å². The minimum atomic E-state index is -0.309. The Hall–Kier alpha value is -1.59. The zero-order chi connectivity index (χ0) is 16.9. The first-order valence-corrected chi connectivity index (χ1v) is 9.03. The van der Waals surface area contributed by atoms with E-state index >= 15 is 0 Å². The van der Waals surface area contributed by atoms with Crippen molar-refractivity contribution < 1.29 is 14.6 Å². The molecule has 2 bridgehead atoms. The lowest BCUT2D eigenvalue weighted by Crippen LogP contribution is -2.60. The van der Waals surface area contributed by atoms with E-state index < -0.39 is 0 Å². The summed E-state index contributed by atoms with van der Waals surface area (Å²) in [4.78, 5) is 16.4. The molecule has 0 spiro atoms. The number of aliphatic hydroxyl groups is 1. The zero-order valence-corrected chi connectivity index (χ0v) is 14.4. The van der Waals surface area contributed by atoms with Crippen molar-refractivity contribution in [2.24, 2.45) is 11.8 Å². The van der Waals surface area contributed by atoms with E-state index in [9.17, 15) is 9.90 Å². The van der Waals surface area contributed by atoms with Crippen LogP contribution in [0.25, 0.3) is 0 Å². The lowest BCUT2D eigenvalue weighted by Gasteiger charge is -2.48. The molecule has 5 nitrogen and oxygen atoms in total. The standard InChI is InChI=1S/C19H28N2O3/c1-2-3-9-24-19(23)21-13-16-11-20(12-17(14-21)18(16)22)10-15-7-5-4-6-8-15/h4-8,16-18,22H,2-3,9-14H2,1H3. The van der Waals surface area contributed by atoms with Gasteiger partial charge in [-0.2, -0.15) is 0 Å². The molecule has 2 aliphatic rings. The lowest BCUT2D eigenvalue weighted by molar-refractivity contribution is -0.0758. The summed E-state index contributed by atoms with van der Waals surface area (Å²) in [5, 5.41) is 10.5. The number of aliphatic hydroxyl groups excluding tert-OH is 1. The Morgan fingerprint density at radius 3 is 2.46 bits per heavy atom. The van der Waals surface area contributed by atoms with Crippen molar-refractivity contribution in [3.8, 4) is 0 Å². The van der Waals surface area contributed by atoms with Gasteiger partial charge in [0.25, 0.3) is 0 Å². The summed E-state index contributed by atoms with van der Waals surface area (Å²) in [6.07, 6.45) is 1.39. The molecule has 0 aliphatic carbocycles. The van der Waals surface area contributed by atoms with Gasteiger partial charge < -0.3 is 14.7 Å². The number of likely N-dealkylation sites (tertiary alicyclic amines) is 2. The van der Waals surface area contributed by atoms with Crippen LogP contribution >= 0.6 is 0 Å². The van der Waals surface area contributed by atoms with Gasteiger partial charge in [0, 0.05) is 44.6 Å². The summed E-state index contributed by atoms with van der Waals surface area (Å²) in [6, 6.07) is 10.4. The number of hydrogen-bond acceptors (Lipinski definition) is 4. The molecule has 0 saturated carbocycles. The molecule has 2 saturated heterocycles. The van der Waals surface area contributed by atoms with Gasteiger partial charge in [0.2, 0.25) is 0 Å². The Morgan fingerprint density at radius 2 is 1.83 bits per heavy atom. The third-order valence-electron chi connectivity index (χ3n) is 5.09. The molecule has 1 aromatic carbocycles. The first kappa shape index (κ1) is 17.2. The number of fused-ring (bicyclic) bond motifs is 2. The van der Waals surface area contributed by atoms with E-state index in [0.29, 0.717) is 19.7 Å². The molecule has 0 radical (unpaired) electrons. The van der Waals surface area contributed by atoms with Crippen LogP contribution in [0, 0.1) is 11.8 Å². The molecule has 0 aromatic heterocycles. The van der Waals surface area contributed by atoms with Crippen LogP contribution in [0.15, 0.2) is 30.3 Å². The average Bonchev–Trinajstić information content (AvgIpc) is 2.57. The largest absolute Gasteiger partial charge is 0.449 e. The van der Waals surface area contributed by atoms with E-state index in [4.69, 9.17) is 4.74 Å². The summed E-state index contributed by atoms with van der Waals surface area (Å²) >= 11 is 0. The highest BCUT2D eigenvalue weighted by molar-refractivity contribution is 5.67. The van der Waals surface area contributed by atoms with Gasteiger partial charge in [-0.3, -0.25) is 4.90 Å². The van der Waals surface area contributed by atoms with E-state index in [1.54, 1.807) is 4.90 Å². The van der Waals surface area contributed by atoms with Gasteiger partial charge in [0.1, 0.15) is 0 Å². The number of carbonyl (C=O) groups excluding carboxylic acids is 1.